The number of alkyl halides is 7. The average Bonchev–Trinajstić information content (AvgIpc) is 2.72. The summed E-state index contributed by atoms with van der Waals surface area (Å²) in [6.07, 6.45) is -8.84. The molecule has 0 radical (unpaired) electrons. The summed E-state index contributed by atoms with van der Waals surface area (Å²) < 4.78 is 133. The molecule has 1 atom stereocenters. The number of carbonyl (C=O) groups is 2. The number of ether oxygens (including phenoxy) is 4. The van der Waals surface area contributed by atoms with Crippen molar-refractivity contribution in [2.75, 3.05) is 13.2 Å². The summed E-state index contributed by atoms with van der Waals surface area (Å²) in [6, 6.07) is 0. The lowest BCUT2D eigenvalue weighted by molar-refractivity contribution is -0.354. The smallest absolute Gasteiger partial charge is 0.461 e. The van der Waals surface area contributed by atoms with Crippen molar-refractivity contribution in [1.29, 1.82) is 0 Å². The van der Waals surface area contributed by atoms with Crippen molar-refractivity contribution in [2.45, 2.75) is 87.5 Å². The van der Waals surface area contributed by atoms with Crippen LogP contribution in [0, 0.1) is 0 Å². The van der Waals surface area contributed by atoms with E-state index >= 15 is 0 Å². The molecule has 16 heteroatoms. The molecule has 34 heavy (non-hydrogen) atoms. The number of esters is 1. The van der Waals surface area contributed by atoms with E-state index in [0.29, 0.717) is 25.7 Å². The van der Waals surface area contributed by atoms with Crippen LogP contribution in [0.5, 0.6) is 0 Å². The van der Waals surface area contributed by atoms with Gasteiger partial charge in [-0.3, -0.25) is 0 Å². The lowest BCUT2D eigenvalue weighted by Crippen LogP contribution is -2.58. The Morgan fingerprint density at radius 1 is 0.941 bits per heavy atom. The Morgan fingerprint density at radius 2 is 1.53 bits per heavy atom. The summed E-state index contributed by atoms with van der Waals surface area (Å²) in [7, 11) is -4.82. The molecule has 0 saturated heterocycles. The summed E-state index contributed by atoms with van der Waals surface area (Å²) >= 11 is 0. The van der Waals surface area contributed by atoms with Gasteiger partial charge in [0.15, 0.2) is 0 Å². The summed E-state index contributed by atoms with van der Waals surface area (Å²) in [4.78, 5) is 24.1. The topological polar surface area (TPSA) is 105 Å². The highest BCUT2D eigenvalue weighted by molar-refractivity contribution is 7.73. The summed E-state index contributed by atoms with van der Waals surface area (Å²) in [5.41, 5.74) is 0. The van der Waals surface area contributed by atoms with E-state index in [1.54, 1.807) is 0 Å². The summed E-state index contributed by atoms with van der Waals surface area (Å²) in [5.74, 6) is -11.5. The van der Waals surface area contributed by atoms with Crippen molar-refractivity contribution in [1.82, 2.24) is 0 Å². The maximum absolute atomic E-state index is 13.8. The first-order valence-corrected chi connectivity index (χ1v) is 11.5. The molecule has 0 spiro atoms. The van der Waals surface area contributed by atoms with Crippen LogP contribution >= 0.6 is 0 Å². The largest absolute Gasteiger partial charge is 0.511 e. The van der Waals surface area contributed by atoms with Gasteiger partial charge in [-0.2, -0.15) is 30.7 Å². The summed E-state index contributed by atoms with van der Waals surface area (Å²) in [6.45, 7) is -0.585. The Bertz CT molecular complexity index is 758. The minimum atomic E-state index is -5.69. The second kappa shape index (κ2) is 12.2. The third-order valence-corrected chi connectivity index (χ3v) is 5.61. The van der Waals surface area contributed by atoms with Crippen LogP contribution in [0.4, 0.5) is 35.5 Å². The van der Waals surface area contributed by atoms with Crippen LogP contribution in [0.15, 0.2) is 0 Å². The number of unbranched alkanes of at least 4 members (excludes halogenated alkanes) is 1. The fourth-order valence-electron chi connectivity index (χ4n) is 3.02. The Hall–Kier alpha value is -1.84. The molecule has 0 bridgehead atoms. The molecule has 0 N–H and O–H groups in total. The highest BCUT2D eigenvalue weighted by Crippen LogP contribution is 2.40. The fraction of sp³-hybridized carbons (Fsp3) is 0.889. The third kappa shape index (κ3) is 7.58. The van der Waals surface area contributed by atoms with Crippen molar-refractivity contribution in [2.24, 2.45) is 0 Å². The Balaban J connectivity index is 2.90. The van der Waals surface area contributed by atoms with Gasteiger partial charge in [0, 0.05) is 6.42 Å². The van der Waals surface area contributed by atoms with Crippen LogP contribution in [-0.2, 0) is 34.4 Å². The molecular weight excluding hydrogens is 509 g/mol. The number of halogens is 7. The Kier molecular flexibility index (Phi) is 10.9. The monoisotopic (exact) mass is 534 g/mol. The van der Waals surface area contributed by atoms with E-state index in [0.717, 1.165) is 13.3 Å². The van der Waals surface area contributed by atoms with Gasteiger partial charge in [-0.1, -0.05) is 6.42 Å². The van der Waals surface area contributed by atoms with Crippen LogP contribution in [0.3, 0.4) is 0 Å². The molecule has 0 aromatic carbocycles. The van der Waals surface area contributed by atoms with E-state index in [1.165, 1.54) is 0 Å². The Morgan fingerprint density at radius 3 is 2.03 bits per heavy atom. The van der Waals surface area contributed by atoms with Crippen molar-refractivity contribution in [3.05, 3.63) is 0 Å². The van der Waals surface area contributed by atoms with E-state index in [2.05, 4.69) is 14.2 Å². The first-order chi connectivity index (χ1) is 15.6. The molecule has 0 aromatic rings. The lowest BCUT2D eigenvalue weighted by Gasteiger charge is -2.32. The molecule has 0 aromatic heterocycles. The van der Waals surface area contributed by atoms with Crippen LogP contribution in [0.25, 0.3) is 0 Å². The number of hydrogen-bond acceptors (Lipinski definition) is 8. The fourth-order valence-corrected chi connectivity index (χ4v) is 3.40. The molecular formula is C18H25F7O8S. The van der Waals surface area contributed by atoms with Gasteiger partial charge in [0.2, 0.25) is 10.7 Å². The van der Waals surface area contributed by atoms with Crippen molar-refractivity contribution < 1.29 is 67.7 Å². The molecule has 1 aliphatic rings. The zero-order valence-corrected chi connectivity index (χ0v) is 18.9. The van der Waals surface area contributed by atoms with Crippen molar-refractivity contribution >= 4 is 22.8 Å². The van der Waals surface area contributed by atoms with Gasteiger partial charge in [-0.15, -0.1) is 0 Å². The van der Waals surface area contributed by atoms with Gasteiger partial charge in [-0.05, 0) is 45.4 Å². The first-order valence-electron chi connectivity index (χ1n) is 10.3. The Labute approximate surface area is 192 Å². The molecule has 1 unspecified atom stereocenters. The molecule has 200 valence electrons. The maximum atomic E-state index is 13.8. The second-order valence-electron chi connectivity index (χ2n) is 7.37. The molecule has 1 fully saturated rings. The summed E-state index contributed by atoms with van der Waals surface area (Å²) in [5, 5.41) is -5.37. The van der Waals surface area contributed by atoms with Crippen LogP contribution in [0.1, 0.15) is 58.3 Å². The van der Waals surface area contributed by atoms with Gasteiger partial charge >= 0.3 is 35.3 Å². The lowest BCUT2D eigenvalue weighted by atomic mass is 9.98. The van der Waals surface area contributed by atoms with Gasteiger partial charge in [0.25, 0.3) is 0 Å². The minimum absolute atomic E-state index is 0.363. The number of carbonyl (C=O) groups excluding carboxylic acids is 2. The van der Waals surface area contributed by atoms with E-state index in [1.807, 2.05) is 0 Å². The standard InChI is InChI=1S/C18H25F7O8S/c1-2-30-13(26)16(17(21,22)23,33-14(27)32-12-8-4-3-5-9-12)31-11-7-6-10-15(19,20)18(24,25)34(28)29/h12,34H,2-11H2,1H3. The predicted octanol–water partition coefficient (Wildman–Crippen LogP) is 4.32. The number of hydrogen-bond donors (Lipinski definition) is 1. The zero-order chi connectivity index (χ0) is 26.2. The van der Waals surface area contributed by atoms with Crippen LogP contribution in [0.2, 0.25) is 0 Å². The molecule has 1 aliphatic carbocycles. The average molecular weight is 534 g/mol. The van der Waals surface area contributed by atoms with Crippen molar-refractivity contribution in [3.63, 3.8) is 0 Å². The van der Waals surface area contributed by atoms with Gasteiger partial charge in [0.1, 0.15) is 6.10 Å². The molecule has 8 nitrogen and oxygen atoms in total. The predicted molar refractivity (Wildman–Crippen MR) is 99.9 cm³/mol. The number of thiol groups is 1. The molecule has 0 heterocycles. The minimum Gasteiger partial charge on any atom is -0.461 e. The maximum Gasteiger partial charge on any atom is 0.511 e. The van der Waals surface area contributed by atoms with Crippen LogP contribution in [-0.4, -0.2) is 63.0 Å². The highest BCUT2D eigenvalue weighted by atomic mass is 32.2. The molecule has 0 amide bonds. The van der Waals surface area contributed by atoms with Gasteiger partial charge < -0.3 is 18.9 Å². The SMILES string of the molecule is CCOC(=O)C(OCCCCC(F)(F)C(F)(F)[SH](=O)=O)(OC(=O)OC1CCCCC1)C(F)(F)F. The van der Waals surface area contributed by atoms with Crippen molar-refractivity contribution in [3.8, 4) is 0 Å². The molecule has 1 rings (SSSR count). The van der Waals surface area contributed by atoms with Gasteiger partial charge in [-0.25, -0.2) is 18.0 Å². The van der Waals surface area contributed by atoms with E-state index in [4.69, 9.17) is 4.74 Å². The zero-order valence-electron chi connectivity index (χ0n) is 18.0. The highest BCUT2D eigenvalue weighted by Gasteiger charge is 2.68. The van der Waals surface area contributed by atoms with Gasteiger partial charge in [0.05, 0.1) is 13.2 Å². The molecule has 0 aliphatic heterocycles. The normalized spacial score (nSPS) is 17.8. The van der Waals surface area contributed by atoms with E-state index in [-0.39, 0.29) is 0 Å². The quantitative estimate of drug-likeness (QED) is 0.130. The number of rotatable bonds is 12. The molecule has 1 saturated carbocycles. The van der Waals surface area contributed by atoms with Crippen LogP contribution < -0.4 is 0 Å². The third-order valence-electron chi connectivity index (χ3n) is 4.82. The second-order valence-corrected chi connectivity index (χ2v) is 8.45. The first kappa shape index (κ1) is 30.2. The van der Waals surface area contributed by atoms with E-state index < -0.39 is 84.5 Å². The van der Waals surface area contributed by atoms with E-state index in [9.17, 15) is 48.7 Å².